The van der Waals surface area contributed by atoms with Crippen molar-refractivity contribution >= 4 is 0 Å². The van der Waals surface area contributed by atoms with Crippen molar-refractivity contribution in [3.05, 3.63) is 71.4 Å². The maximum atomic E-state index is 10.0. The summed E-state index contributed by atoms with van der Waals surface area (Å²) in [6.07, 6.45) is 1.85. The van der Waals surface area contributed by atoms with E-state index in [1.54, 1.807) is 0 Å². The van der Waals surface area contributed by atoms with Gasteiger partial charge in [-0.05, 0) is 31.5 Å². The molecule has 2 heterocycles. The molecule has 146 valence electrons. The molecule has 1 aliphatic rings. The third-order valence-corrected chi connectivity index (χ3v) is 5.47. The van der Waals surface area contributed by atoms with Crippen LogP contribution in [0.3, 0.4) is 0 Å². The Morgan fingerprint density at radius 3 is 2.68 bits per heavy atom. The van der Waals surface area contributed by atoms with Crippen molar-refractivity contribution in [2.45, 2.75) is 26.5 Å². The van der Waals surface area contributed by atoms with Gasteiger partial charge in [-0.2, -0.15) is 5.10 Å². The van der Waals surface area contributed by atoms with Crippen LogP contribution in [0.5, 0.6) is 0 Å². The molecule has 5 heteroatoms. The van der Waals surface area contributed by atoms with Gasteiger partial charge in [-0.3, -0.25) is 0 Å². The number of rotatable bonds is 6. The highest BCUT2D eigenvalue weighted by atomic mass is 16.3. The molecule has 3 aromatic rings. The Labute approximate surface area is 166 Å². The Bertz CT molecular complexity index is 935. The van der Waals surface area contributed by atoms with E-state index < -0.39 is 0 Å². The summed E-state index contributed by atoms with van der Waals surface area (Å²) in [5.74, 6) is 0.258. The third-order valence-electron chi connectivity index (χ3n) is 5.47. The normalized spacial score (nSPS) is 19.2. The second-order valence-corrected chi connectivity index (χ2v) is 7.72. The number of aromatic nitrogens is 2. The van der Waals surface area contributed by atoms with Gasteiger partial charge >= 0.3 is 0 Å². The molecule has 0 aliphatic carbocycles. The molecule has 0 radical (unpaired) electrons. The largest absolute Gasteiger partial charge is 0.391 e. The Kier molecular flexibility index (Phi) is 5.57. The molecule has 0 bridgehead atoms. The fourth-order valence-corrected chi connectivity index (χ4v) is 3.88. The maximum absolute atomic E-state index is 10.0. The van der Waals surface area contributed by atoms with Crippen molar-refractivity contribution in [2.75, 3.05) is 19.6 Å². The van der Waals surface area contributed by atoms with E-state index in [0.717, 1.165) is 36.6 Å². The van der Waals surface area contributed by atoms with Crippen LogP contribution in [0.4, 0.5) is 0 Å². The summed E-state index contributed by atoms with van der Waals surface area (Å²) in [6.45, 7) is 7.31. The van der Waals surface area contributed by atoms with Crippen LogP contribution in [0.2, 0.25) is 0 Å². The summed E-state index contributed by atoms with van der Waals surface area (Å²) in [5.41, 5.74) is 6.88. The van der Waals surface area contributed by atoms with Crippen LogP contribution < -0.4 is 10.6 Å². The molecule has 1 fully saturated rings. The maximum Gasteiger partial charge on any atom is 0.0975 e. The van der Waals surface area contributed by atoms with Gasteiger partial charge in [-0.25, -0.2) is 4.68 Å². The molecule has 0 saturated carbocycles. The summed E-state index contributed by atoms with van der Waals surface area (Å²) in [6, 6.07) is 16.7. The van der Waals surface area contributed by atoms with Crippen LogP contribution in [0.25, 0.3) is 16.9 Å². The minimum Gasteiger partial charge on any atom is -0.391 e. The lowest BCUT2D eigenvalue weighted by atomic mass is 10.0. The van der Waals surface area contributed by atoms with E-state index in [-0.39, 0.29) is 12.0 Å². The van der Waals surface area contributed by atoms with Crippen molar-refractivity contribution in [1.82, 2.24) is 20.4 Å². The zero-order chi connectivity index (χ0) is 19.5. The van der Waals surface area contributed by atoms with Crippen LogP contribution >= 0.6 is 0 Å². The van der Waals surface area contributed by atoms with Gasteiger partial charge in [0.1, 0.15) is 0 Å². The summed E-state index contributed by atoms with van der Waals surface area (Å²) < 4.78 is 1.96. The van der Waals surface area contributed by atoms with Gasteiger partial charge < -0.3 is 15.7 Å². The van der Waals surface area contributed by atoms with Crippen LogP contribution in [0.15, 0.2) is 54.7 Å². The molecule has 4 rings (SSSR count). The molecule has 1 aliphatic heterocycles. The smallest absolute Gasteiger partial charge is 0.0975 e. The van der Waals surface area contributed by atoms with Crippen molar-refractivity contribution in [2.24, 2.45) is 5.92 Å². The van der Waals surface area contributed by atoms with E-state index in [0.29, 0.717) is 6.54 Å². The van der Waals surface area contributed by atoms with E-state index >= 15 is 0 Å². The Morgan fingerprint density at radius 2 is 1.96 bits per heavy atom. The SMILES string of the molecule is Cc1ccc(-c2nn(-c3ccccc3)cc2CNCC2CNCC2O)c(C)c1. The van der Waals surface area contributed by atoms with Crippen LogP contribution in [0, 0.1) is 19.8 Å². The van der Waals surface area contributed by atoms with Gasteiger partial charge in [0.15, 0.2) is 0 Å². The van der Waals surface area contributed by atoms with Crippen molar-refractivity contribution < 1.29 is 5.11 Å². The number of benzene rings is 2. The first-order valence-electron chi connectivity index (χ1n) is 9.93. The molecule has 3 N–H and O–H groups in total. The van der Waals surface area contributed by atoms with Crippen LogP contribution in [-0.4, -0.2) is 40.6 Å². The second kappa shape index (κ2) is 8.27. The first kappa shape index (κ1) is 18.9. The average Bonchev–Trinajstić information content (AvgIpc) is 3.29. The predicted molar refractivity (Wildman–Crippen MR) is 113 cm³/mol. The fraction of sp³-hybridized carbons (Fsp3) is 0.348. The molecule has 1 saturated heterocycles. The highest BCUT2D eigenvalue weighted by Gasteiger charge is 2.24. The molecular weight excluding hydrogens is 348 g/mol. The van der Waals surface area contributed by atoms with Gasteiger partial charge in [0.05, 0.1) is 17.5 Å². The fourth-order valence-electron chi connectivity index (χ4n) is 3.88. The molecular formula is C23H28N4O. The van der Waals surface area contributed by atoms with Crippen LogP contribution in [0.1, 0.15) is 16.7 Å². The van der Waals surface area contributed by atoms with Crippen molar-refractivity contribution in [1.29, 1.82) is 0 Å². The molecule has 5 nitrogen and oxygen atoms in total. The van der Waals surface area contributed by atoms with Gasteiger partial charge in [0.2, 0.25) is 0 Å². The lowest BCUT2D eigenvalue weighted by Crippen LogP contribution is -2.30. The van der Waals surface area contributed by atoms with Gasteiger partial charge in [-0.1, -0.05) is 42.0 Å². The minimum atomic E-state index is -0.265. The van der Waals surface area contributed by atoms with Gasteiger partial charge in [0, 0.05) is 49.4 Å². The number of aliphatic hydroxyl groups excluding tert-OH is 1. The summed E-state index contributed by atoms with van der Waals surface area (Å²) in [4.78, 5) is 0. The summed E-state index contributed by atoms with van der Waals surface area (Å²) in [5, 5.41) is 21.7. The molecule has 0 spiro atoms. The Hall–Kier alpha value is -2.47. The molecule has 2 atom stereocenters. The topological polar surface area (TPSA) is 62.1 Å². The lowest BCUT2D eigenvalue weighted by molar-refractivity contribution is 0.146. The number of β-amino-alcohol motifs (C(OH)–C–C–N with tert-alkyl or cyclic N) is 1. The number of hydrogen-bond donors (Lipinski definition) is 3. The van der Waals surface area contributed by atoms with Crippen molar-refractivity contribution in [3.63, 3.8) is 0 Å². The number of para-hydroxylation sites is 1. The quantitative estimate of drug-likeness (QED) is 0.619. The first-order chi connectivity index (χ1) is 13.6. The highest BCUT2D eigenvalue weighted by Crippen LogP contribution is 2.27. The summed E-state index contributed by atoms with van der Waals surface area (Å²) in [7, 11) is 0. The van der Waals surface area contributed by atoms with Gasteiger partial charge in [0.25, 0.3) is 0 Å². The standard InChI is InChI=1S/C23H28N4O/c1-16-8-9-21(17(2)10-16)23-19(13-24-11-18-12-25-14-22(18)28)15-27(26-23)20-6-4-3-5-7-20/h3-10,15,18,22,24-25,28H,11-14H2,1-2H3. The second-order valence-electron chi connectivity index (χ2n) is 7.72. The highest BCUT2D eigenvalue weighted by molar-refractivity contribution is 5.67. The Morgan fingerprint density at radius 1 is 1.14 bits per heavy atom. The lowest BCUT2D eigenvalue weighted by Gasteiger charge is -2.14. The minimum absolute atomic E-state index is 0.258. The van der Waals surface area contributed by atoms with Crippen molar-refractivity contribution in [3.8, 4) is 16.9 Å². The zero-order valence-corrected chi connectivity index (χ0v) is 16.5. The number of aryl methyl sites for hydroxylation is 2. The van der Waals surface area contributed by atoms with E-state index in [1.807, 2.05) is 22.9 Å². The monoisotopic (exact) mass is 376 g/mol. The number of nitrogens with zero attached hydrogens (tertiary/aromatic N) is 2. The predicted octanol–water partition coefficient (Wildman–Crippen LogP) is 2.83. The third kappa shape index (κ3) is 4.02. The number of aliphatic hydroxyl groups is 1. The Balaban J connectivity index is 1.62. The number of nitrogens with one attached hydrogen (secondary N) is 2. The zero-order valence-electron chi connectivity index (χ0n) is 16.5. The number of hydrogen-bond acceptors (Lipinski definition) is 4. The summed E-state index contributed by atoms with van der Waals surface area (Å²) >= 11 is 0. The van der Waals surface area contributed by atoms with E-state index in [4.69, 9.17) is 5.10 Å². The molecule has 2 aromatic carbocycles. The van der Waals surface area contributed by atoms with E-state index in [1.165, 1.54) is 16.7 Å². The van der Waals surface area contributed by atoms with E-state index in [9.17, 15) is 5.11 Å². The molecule has 0 amide bonds. The average molecular weight is 377 g/mol. The first-order valence-corrected chi connectivity index (χ1v) is 9.93. The molecule has 1 aromatic heterocycles. The molecule has 2 unspecified atom stereocenters. The van der Waals surface area contributed by atoms with Crippen LogP contribution in [-0.2, 0) is 6.54 Å². The van der Waals surface area contributed by atoms with Gasteiger partial charge in [-0.15, -0.1) is 0 Å². The van der Waals surface area contributed by atoms with E-state index in [2.05, 4.69) is 61.0 Å². The molecule has 28 heavy (non-hydrogen) atoms.